The van der Waals surface area contributed by atoms with E-state index in [0.717, 1.165) is 11.5 Å². The highest BCUT2D eigenvalue weighted by Crippen LogP contribution is 2.26. The van der Waals surface area contributed by atoms with Crippen molar-refractivity contribution in [2.75, 3.05) is 0 Å². The molecule has 0 atom stereocenters. The van der Waals surface area contributed by atoms with Crippen molar-refractivity contribution in [2.45, 2.75) is 51.9 Å². The highest BCUT2D eigenvalue weighted by Gasteiger charge is 2.18. The van der Waals surface area contributed by atoms with E-state index in [2.05, 4.69) is 36.2 Å². The number of unbranched alkanes of at least 4 members (excludes halogenated alkanes) is 1. The largest absolute Gasteiger partial charge is 0.387 e. The number of nitrogens with two attached hydrogens (primary N) is 1. The Labute approximate surface area is 110 Å². The summed E-state index contributed by atoms with van der Waals surface area (Å²) < 4.78 is 0. The SMILES string of the molecule is CCCCc1ccc(N=C(N)C2CCCC2)cc1. The predicted molar refractivity (Wildman–Crippen MR) is 78.3 cm³/mol. The fourth-order valence-electron chi connectivity index (χ4n) is 2.58. The molecule has 98 valence electrons. The molecule has 0 unspecified atom stereocenters. The molecule has 0 bridgehead atoms. The summed E-state index contributed by atoms with van der Waals surface area (Å²) in [5.41, 5.74) is 8.48. The van der Waals surface area contributed by atoms with Crippen molar-refractivity contribution in [3.63, 3.8) is 0 Å². The first-order valence-electron chi connectivity index (χ1n) is 7.22. The van der Waals surface area contributed by atoms with Crippen LogP contribution in [-0.4, -0.2) is 5.84 Å². The van der Waals surface area contributed by atoms with E-state index in [1.54, 1.807) is 0 Å². The predicted octanol–water partition coefficient (Wildman–Crippen LogP) is 4.21. The molecule has 2 nitrogen and oxygen atoms in total. The third kappa shape index (κ3) is 3.59. The lowest BCUT2D eigenvalue weighted by atomic mass is 10.1. The van der Waals surface area contributed by atoms with Crippen molar-refractivity contribution in [1.82, 2.24) is 0 Å². The minimum atomic E-state index is 0.518. The van der Waals surface area contributed by atoms with Crippen LogP contribution in [0.3, 0.4) is 0 Å². The van der Waals surface area contributed by atoms with Crippen molar-refractivity contribution in [3.05, 3.63) is 29.8 Å². The summed E-state index contributed by atoms with van der Waals surface area (Å²) in [5, 5.41) is 0. The van der Waals surface area contributed by atoms with Gasteiger partial charge in [-0.2, -0.15) is 0 Å². The number of aryl methyl sites for hydroxylation is 1. The highest BCUT2D eigenvalue weighted by atomic mass is 14.9. The average Bonchev–Trinajstić information content (AvgIpc) is 2.92. The minimum absolute atomic E-state index is 0.518. The van der Waals surface area contributed by atoms with Gasteiger partial charge in [0.25, 0.3) is 0 Å². The van der Waals surface area contributed by atoms with Crippen molar-refractivity contribution in [1.29, 1.82) is 0 Å². The Hall–Kier alpha value is -1.31. The summed E-state index contributed by atoms with van der Waals surface area (Å²) in [6.45, 7) is 2.22. The van der Waals surface area contributed by atoms with Gasteiger partial charge in [0.15, 0.2) is 0 Å². The Morgan fingerprint density at radius 3 is 2.50 bits per heavy atom. The van der Waals surface area contributed by atoms with Gasteiger partial charge in [0.1, 0.15) is 5.84 Å². The van der Waals surface area contributed by atoms with Crippen LogP contribution in [0.4, 0.5) is 5.69 Å². The molecule has 0 aromatic heterocycles. The van der Waals surface area contributed by atoms with Gasteiger partial charge in [0.2, 0.25) is 0 Å². The third-order valence-corrected chi connectivity index (χ3v) is 3.79. The molecule has 1 aliphatic carbocycles. The van der Waals surface area contributed by atoms with Crippen LogP contribution in [0.15, 0.2) is 29.3 Å². The molecule has 0 spiro atoms. The second kappa shape index (κ2) is 6.58. The Bertz CT molecular complexity index is 386. The number of aliphatic imine (C=N–C) groups is 1. The standard InChI is InChI=1S/C16H24N2/c1-2-3-6-13-9-11-15(12-10-13)18-16(17)14-7-4-5-8-14/h9-12,14H,2-8H2,1H3,(H2,17,18). The van der Waals surface area contributed by atoms with E-state index in [4.69, 9.17) is 5.73 Å². The summed E-state index contributed by atoms with van der Waals surface area (Å²) in [7, 11) is 0. The van der Waals surface area contributed by atoms with Crippen LogP contribution in [0.5, 0.6) is 0 Å². The van der Waals surface area contributed by atoms with Crippen molar-refractivity contribution in [3.8, 4) is 0 Å². The summed E-state index contributed by atoms with van der Waals surface area (Å²) in [5.74, 6) is 1.35. The fraction of sp³-hybridized carbons (Fsp3) is 0.562. The maximum Gasteiger partial charge on any atom is 0.103 e. The minimum Gasteiger partial charge on any atom is -0.387 e. The molecule has 1 aromatic carbocycles. The lowest BCUT2D eigenvalue weighted by molar-refractivity contribution is 0.722. The molecule has 0 saturated heterocycles. The average molecular weight is 244 g/mol. The zero-order chi connectivity index (χ0) is 12.8. The molecule has 18 heavy (non-hydrogen) atoms. The van der Waals surface area contributed by atoms with Gasteiger partial charge in [-0.3, -0.25) is 0 Å². The van der Waals surface area contributed by atoms with Crippen LogP contribution in [-0.2, 0) is 6.42 Å². The first-order valence-corrected chi connectivity index (χ1v) is 7.22. The van der Waals surface area contributed by atoms with E-state index in [9.17, 15) is 0 Å². The normalized spacial score (nSPS) is 17.3. The Morgan fingerprint density at radius 1 is 1.22 bits per heavy atom. The number of rotatable bonds is 5. The maximum atomic E-state index is 6.08. The topological polar surface area (TPSA) is 38.4 Å². The van der Waals surface area contributed by atoms with Gasteiger partial charge in [-0.1, -0.05) is 38.3 Å². The van der Waals surface area contributed by atoms with E-state index in [0.29, 0.717) is 5.92 Å². The van der Waals surface area contributed by atoms with Gasteiger partial charge in [-0.15, -0.1) is 0 Å². The zero-order valence-electron chi connectivity index (χ0n) is 11.4. The molecular weight excluding hydrogens is 220 g/mol. The maximum absolute atomic E-state index is 6.08. The second-order valence-corrected chi connectivity index (χ2v) is 5.29. The molecule has 1 saturated carbocycles. The number of nitrogens with zero attached hydrogens (tertiary/aromatic N) is 1. The smallest absolute Gasteiger partial charge is 0.103 e. The monoisotopic (exact) mass is 244 g/mol. The molecule has 0 amide bonds. The van der Waals surface area contributed by atoms with E-state index in [-0.39, 0.29) is 0 Å². The van der Waals surface area contributed by atoms with E-state index in [1.165, 1.54) is 50.5 Å². The van der Waals surface area contributed by atoms with E-state index in [1.807, 2.05) is 0 Å². The van der Waals surface area contributed by atoms with Gasteiger partial charge in [-0.25, -0.2) is 4.99 Å². The molecule has 2 heteroatoms. The molecule has 1 aromatic rings. The molecule has 1 aliphatic rings. The first-order chi connectivity index (χ1) is 8.79. The summed E-state index contributed by atoms with van der Waals surface area (Å²) >= 11 is 0. The molecule has 0 aliphatic heterocycles. The zero-order valence-corrected chi connectivity index (χ0v) is 11.4. The summed E-state index contributed by atoms with van der Waals surface area (Å²) in [6, 6.07) is 8.53. The Balaban J connectivity index is 1.98. The fourth-order valence-corrected chi connectivity index (χ4v) is 2.58. The van der Waals surface area contributed by atoms with Gasteiger partial charge in [-0.05, 0) is 43.4 Å². The molecule has 1 fully saturated rings. The van der Waals surface area contributed by atoms with Crippen molar-refractivity contribution in [2.24, 2.45) is 16.6 Å². The van der Waals surface area contributed by atoms with Crippen molar-refractivity contribution >= 4 is 11.5 Å². The van der Waals surface area contributed by atoms with Crippen LogP contribution >= 0.6 is 0 Å². The molecular formula is C16H24N2. The number of amidine groups is 1. The van der Waals surface area contributed by atoms with E-state index >= 15 is 0 Å². The second-order valence-electron chi connectivity index (χ2n) is 5.29. The summed E-state index contributed by atoms with van der Waals surface area (Å²) in [4.78, 5) is 4.56. The van der Waals surface area contributed by atoms with Crippen LogP contribution in [0, 0.1) is 5.92 Å². The number of benzene rings is 1. The van der Waals surface area contributed by atoms with Crippen molar-refractivity contribution < 1.29 is 0 Å². The number of hydrogen-bond donors (Lipinski definition) is 1. The van der Waals surface area contributed by atoms with Gasteiger partial charge < -0.3 is 5.73 Å². The van der Waals surface area contributed by atoms with Gasteiger partial charge in [0, 0.05) is 5.92 Å². The van der Waals surface area contributed by atoms with Crippen LogP contribution in [0.2, 0.25) is 0 Å². The van der Waals surface area contributed by atoms with Crippen LogP contribution in [0.1, 0.15) is 51.0 Å². The third-order valence-electron chi connectivity index (χ3n) is 3.79. The quantitative estimate of drug-likeness (QED) is 0.611. The Morgan fingerprint density at radius 2 is 1.89 bits per heavy atom. The van der Waals surface area contributed by atoms with Gasteiger partial charge >= 0.3 is 0 Å². The summed E-state index contributed by atoms with van der Waals surface area (Å²) in [6.07, 6.45) is 8.70. The van der Waals surface area contributed by atoms with Gasteiger partial charge in [0.05, 0.1) is 5.69 Å². The molecule has 2 N–H and O–H groups in total. The lowest BCUT2D eigenvalue weighted by Gasteiger charge is -2.08. The number of hydrogen-bond acceptors (Lipinski definition) is 1. The molecule has 0 radical (unpaired) electrons. The molecule has 2 rings (SSSR count). The lowest BCUT2D eigenvalue weighted by Crippen LogP contribution is -2.20. The first kappa shape index (κ1) is 13.1. The van der Waals surface area contributed by atoms with E-state index < -0.39 is 0 Å². The van der Waals surface area contributed by atoms with Crippen LogP contribution < -0.4 is 5.73 Å². The Kier molecular flexibility index (Phi) is 4.80. The molecule has 0 heterocycles. The highest BCUT2D eigenvalue weighted by molar-refractivity contribution is 5.85. The van der Waals surface area contributed by atoms with Crippen LogP contribution in [0.25, 0.3) is 0 Å².